The highest BCUT2D eigenvalue weighted by Crippen LogP contribution is 2.06. The van der Waals surface area contributed by atoms with Gasteiger partial charge in [-0.25, -0.2) is 4.79 Å². The van der Waals surface area contributed by atoms with Crippen LogP contribution in [0.1, 0.15) is 31.1 Å². The zero-order chi connectivity index (χ0) is 12.9. The molecule has 0 aliphatic rings. The van der Waals surface area contributed by atoms with Gasteiger partial charge in [0, 0.05) is 18.0 Å². The highest BCUT2D eigenvalue weighted by molar-refractivity contribution is 5.98. The van der Waals surface area contributed by atoms with Crippen molar-refractivity contribution in [3.8, 4) is 0 Å². The molecule has 0 aliphatic heterocycles. The lowest BCUT2D eigenvalue weighted by molar-refractivity contribution is 0.0520. The number of pyridine rings is 1. The van der Waals surface area contributed by atoms with Gasteiger partial charge in [-0.15, -0.1) is 0 Å². The molecule has 5 heteroatoms. The molecule has 0 aromatic carbocycles. The van der Waals surface area contributed by atoms with Crippen molar-refractivity contribution in [3.05, 3.63) is 30.1 Å². The molecule has 1 amide bonds. The minimum Gasteiger partial charge on any atom is -0.444 e. The number of ketones is 1. The monoisotopic (exact) mass is 236 g/mol. The Hall–Kier alpha value is -1.91. The Labute approximate surface area is 100 Å². The summed E-state index contributed by atoms with van der Waals surface area (Å²) in [6.07, 6.45) is 2.44. The molecule has 1 aromatic rings. The smallest absolute Gasteiger partial charge is 0.408 e. The summed E-state index contributed by atoms with van der Waals surface area (Å²) >= 11 is 0. The summed E-state index contributed by atoms with van der Waals surface area (Å²) in [7, 11) is 0. The number of hydrogen-bond donors (Lipinski definition) is 1. The maximum absolute atomic E-state index is 11.6. The highest BCUT2D eigenvalue weighted by Gasteiger charge is 2.16. The first kappa shape index (κ1) is 13.2. The maximum atomic E-state index is 11.6. The number of carbonyl (C=O) groups is 2. The molecule has 0 saturated carbocycles. The van der Waals surface area contributed by atoms with Gasteiger partial charge in [0.2, 0.25) is 0 Å². The summed E-state index contributed by atoms with van der Waals surface area (Å²) in [6, 6.07) is 3.31. The number of alkyl carbamates (subject to hydrolysis) is 1. The minimum atomic E-state index is -0.602. The molecule has 0 aliphatic carbocycles. The Bertz CT molecular complexity index is 396. The summed E-state index contributed by atoms with van der Waals surface area (Å²) in [6.45, 7) is 5.18. The van der Waals surface area contributed by atoms with Crippen LogP contribution in [0.3, 0.4) is 0 Å². The number of ether oxygens (including phenoxy) is 1. The zero-order valence-electron chi connectivity index (χ0n) is 10.2. The quantitative estimate of drug-likeness (QED) is 0.812. The van der Waals surface area contributed by atoms with E-state index in [-0.39, 0.29) is 12.3 Å². The summed E-state index contributed by atoms with van der Waals surface area (Å²) in [5, 5.41) is 2.40. The molecule has 0 saturated heterocycles. The Morgan fingerprint density at radius 1 is 1.41 bits per heavy atom. The van der Waals surface area contributed by atoms with E-state index in [4.69, 9.17) is 4.74 Å². The van der Waals surface area contributed by atoms with Crippen molar-refractivity contribution in [2.24, 2.45) is 0 Å². The third kappa shape index (κ3) is 5.10. The summed E-state index contributed by atoms with van der Waals surface area (Å²) in [5.41, 5.74) is -0.106. The molecule has 5 nitrogen and oxygen atoms in total. The fourth-order valence-corrected chi connectivity index (χ4v) is 1.10. The lowest BCUT2D eigenvalue weighted by Gasteiger charge is -2.19. The minimum absolute atomic E-state index is 0.0966. The van der Waals surface area contributed by atoms with E-state index < -0.39 is 11.7 Å². The van der Waals surface area contributed by atoms with Crippen molar-refractivity contribution in [1.29, 1.82) is 0 Å². The van der Waals surface area contributed by atoms with Gasteiger partial charge in [0.05, 0.1) is 6.54 Å². The van der Waals surface area contributed by atoms with E-state index in [9.17, 15) is 9.59 Å². The number of Topliss-reactive ketones (excluding diaryl/α,β-unsaturated/α-hetero) is 1. The second-order valence-electron chi connectivity index (χ2n) is 4.52. The second-order valence-corrected chi connectivity index (χ2v) is 4.52. The number of carbonyl (C=O) groups excluding carboxylic acids is 2. The lowest BCUT2D eigenvalue weighted by Crippen LogP contribution is -2.35. The van der Waals surface area contributed by atoms with E-state index in [2.05, 4.69) is 10.3 Å². The van der Waals surface area contributed by atoms with Gasteiger partial charge in [-0.05, 0) is 32.9 Å². The van der Waals surface area contributed by atoms with Gasteiger partial charge in [0.25, 0.3) is 0 Å². The molecule has 92 valence electrons. The predicted molar refractivity (Wildman–Crippen MR) is 62.8 cm³/mol. The van der Waals surface area contributed by atoms with E-state index in [1.165, 1.54) is 6.20 Å². The van der Waals surface area contributed by atoms with Crippen LogP contribution in [0.2, 0.25) is 0 Å². The van der Waals surface area contributed by atoms with Gasteiger partial charge in [-0.3, -0.25) is 9.78 Å². The van der Waals surface area contributed by atoms with Crippen molar-refractivity contribution in [1.82, 2.24) is 10.3 Å². The van der Waals surface area contributed by atoms with Crippen LogP contribution in [0.4, 0.5) is 4.79 Å². The first-order valence-corrected chi connectivity index (χ1v) is 5.28. The Morgan fingerprint density at radius 2 is 2.12 bits per heavy atom. The van der Waals surface area contributed by atoms with Crippen molar-refractivity contribution >= 4 is 11.9 Å². The van der Waals surface area contributed by atoms with Crippen LogP contribution in [0.15, 0.2) is 24.5 Å². The Morgan fingerprint density at radius 3 is 2.65 bits per heavy atom. The van der Waals surface area contributed by atoms with Crippen molar-refractivity contribution < 1.29 is 14.3 Å². The molecule has 0 bridgehead atoms. The number of aromatic nitrogens is 1. The molecule has 0 spiro atoms. The molecule has 0 fully saturated rings. The summed E-state index contributed by atoms with van der Waals surface area (Å²) in [5.74, 6) is -0.205. The fraction of sp³-hybridized carbons (Fsp3) is 0.417. The van der Waals surface area contributed by atoms with Crippen LogP contribution in [-0.2, 0) is 4.74 Å². The SMILES string of the molecule is CC(C)(C)OC(=O)NCC(=O)c1cccnc1. The zero-order valence-corrected chi connectivity index (χ0v) is 10.2. The summed E-state index contributed by atoms with van der Waals surface area (Å²) in [4.78, 5) is 26.7. The number of nitrogens with one attached hydrogen (secondary N) is 1. The van der Waals surface area contributed by atoms with Gasteiger partial charge < -0.3 is 10.1 Å². The van der Waals surface area contributed by atoms with Crippen LogP contribution in [0.5, 0.6) is 0 Å². The molecule has 0 radical (unpaired) electrons. The van der Waals surface area contributed by atoms with Crippen molar-refractivity contribution in [2.45, 2.75) is 26.4 Å². The van der Waals surface area contributed by atoms with Crippen LogP contribution in [-0.4, -0.2) is 29.0 Å². The first-order valence-electron chi connectivity index (χ1n) is 5.28. The average molecular weight is 236 g/mol. The van der Waals surface area contributed by atoms with Crippen molar-refractivity contribution in [2.75, 3.05) is 6.54 Å². The fourth-order valence-electron chi connectivity index (χ4n) is 1.10. The molecule has 17 heavy (non-hydrogen) atoms. The molecular weight excluding hydrogens is 220 g/mol. The summed E-state index contributed by atoms with van der Waals surface area (Å²) < 4.78 is 5.01. The van der Waals surface area contributed by atoms with Gasteiger partial charge in [-0.1, -0.05) is 0 Å². The molecular formula is C12H16N2O3. The molecule has 0 unspecified atom stereocenters. The standard InChI is InChI=1S/C12H16N2O3/c1-12(2,3)17-11(16)14-8-10(15)9-5-4-6-13-7-9/h4-7H,8H2,1-3H3,(H,14,16). The highest BCUT2D eigenvalue weighted by atomic mass is 16.6. The largest absolute Gasteiger partial charge is 0.444 e. The van der Waals surface area contributed by atoms with E-state index in [1.54, 1.807) is 39.1 Å². The number of hydrogen-bond acceptors (Lipinski definition) is 4. The molecule has 1 rings (SSSR count). The van der Waals surface area contributed by atoms with Gasteiger partial charge in [0.15, 0.2) is 5.78 Å². The van der Waals surface area contributed by atoms with Gasteiger partial charge >= 0.3 is 6.09 Å². The van der Waals surface area contributed by atoms with E-state index in [0.29, 0.717) is 5.56 Å². The van der Waals surface area contributed by atoms with E-state index in [0.717, 1.165) is 0 Å². The van der Waals surface area contributed by atoms with Crippen LogP contribution < -0.4 is 5.32 Å². The van der Waals surface area contributed by atoms with Crippen molar-refractivity contribution in [3.63, 3.8) is 0 Å². The predicted octanol–water partition coefficient (Wildman–Crippen LogP) is 1.79. The number of amides is 1. The van der Waals surface area contributed by atoms with Crippen LogP contribution >= 0.6 is 0 Å². The number of rotatable bonds is 3. The Kier molecular flexibility index (Phi) is 4.20. The van der Waals surface area contributed by atoms with Gasteiger partial charge in [-0.2, -0.15) is 0 Å². The van der Waals surface area contributed by atoms with E-state index in [1.807, 2.05) is 0 Å². The maximum Gasteiger partial charge on any atom is 0.408 e. The third-order valence-electron chi connectivity index (χ3n) is 1.78. The third-order valence-corrected chi connectivity index (χ3v) is 1.78. The average Bonchev–Trinajstić information content (AvgIpc) is 2.25. The lowest BCUT2D eigenvalue weighted by atomic mass is 10.2. The normalized spacial score (nSPS) is 10.8. The first-order chi connectivity index (χ1) is 7.88. The molecule has 0 atom stereocenters. The molecule has 1 aromatic heterocycles. The molecule has 1 N–H and O–H groups in total. The van der Waals surface area contributed by atoms with Crippen LogP contribution in [0, 0.1) is 0 Å². The molecule has 1 heterocycles. The Balaban J connectivity index is 2.42. The van der Waals surface area contributed by atoms with Crippen LogP contribution in [0.25, 0.3) is 0 Å². The van der Waals surface area contributed by atoms with Gasteiger partial charge in [0.1, 0.15) is 5.60 Å². The second kappa shape index (κ2) is 5.43. The van der Waals surface area contributed by atoms with E-state index >= 15 is 0 Å². The topological polar surface area (TPSA) is 68.3 Å². The number of nitrogens with zero attached hydrogens (tertiary/aromatic N) is 1.